The Morgan fingerprint density at radius 3 is 2.56 bits per heavy atom. The Hall–Kier alpha value is -0.100. The molecule has 0 saturated heterocycles. The lowest BCUT2D eigenvalue weighted by Crippen LogP contribution is -2.43. The van der Waals surface area contributed by atoms with E-state index in [0.717, 1.165) is 14.7 Å². The fraction of sp³-hybridized carbons (Fsp3) is 0.538. The van der Waals surface area contributed by atoms with Crippen molar-refractivity contribution >= 4 is 31.9 Å². The van der Waals surface area contributed by atoms with Crippen LogP contribution >= 0.6 is 31.9 Å². The van der Waals surface area contributed by atoms with Gasteiger partial charge in [-0.3, -0.25) is 0 Å². The third-order valence-corrected chi connectivity index (χ3v) is 4.04. The van der Waals surface area contributed by atoms with Crippen LogP contribution in [0.15, 0.2) is 27.1 Å². The highest BCUT2D eigenvalue weighted by Crippen LogP contribution is 2.33. The van der Waals surface area contributed by atoms with Crippen molar-refractivity contribution < 1.29 is 9.84 Å². The van der Waals surface area contributed by atoms with Gasteiger partial charge in [-0.15, -0.1) is 0 Å². The van der Waals surface area contributed by atoms with Crippen LogP contribution in [0.4, 0.5) is 0 Å². The van der Waals surface area contributed by atoms with Crippen molar-refractivity contribution in [1.82, 2.24) is 5.32 Å². The van der Waals surface area contributed by atoms with E-state index in [4.69, 9.17) is 4.74 Å². The standard InChI is InChI=1S/C13H17Br2NO2/c1-13(17,7-16-9-5-6-9)8-18-12-10(14)3-2-4-11(12)15/h2-4,9,16-17H,5-8H2,1H3. The lowest BCUT2D eigenvalue weighted by molar-refractivity contribution is 0.0115. The SMILES string of the molecule is CC(O)(CNC1CC1)COc1c(Br)cccc1Br. The van der Waals surface area contributed by atoms with Gasteiger partial charge in [0.2, 0.25) is 0 Å². The van der Waals surface area contributed by atoms with E-state index >= 15 is 0 Å². The number of halogens is 2. The van der Waals surface area contributed by atoms with Crippen molar-refractivity contribution in [2.24, 2.45) is 0 Å². The third-order valence-electron chi connectivity index (χ3n) is 2.80. The molecule has 1 aromatic rings. The van der Waals surface area contributed by atoms with Gasteiger partial charge in [0.15, 0.2) is 0 Å². The van der Waals surface area contributed by atoms with Crippen LogP contribution in [0, 0.1) is 0 Å². The molecule has 0 aromatic heterocycles. The summed E-state index contributed by atoms with van der Waals surface area (Å²) in [5.74, 6) is 0.726. The Morgan fingerprint density at radius 2 is 2.00 bits per heavy atom. The first kappa shape index (κ1) is 14.3. The number of ether oxygens (including phenoxy) is 1. The van der Waals surface area contributed by atoms with E-state index in [1.54, 1.807) is 6.92 Å². The molecule has 18 heavy (non-hydrogen) atoms. The minimum absolute atomic E-state index is 0.258. The molecule has 0 heterocycles. The lowest BCUT2D eigenvalue weighted by atomic mass is 10.1. The molecular weight excluding hydrogens is 362 g/mol. The molecule has 0 bridgehead atoms. The Kier molecular flexibility index (Phi) is 4.69. The van der Waals surface area contributed by atoms with Crippen molar-refractivity contribution in [3.05, 3.63) is 27.1 Å². The van der Waals surface area contributed by atoms with E-state index < -0.39 is 5.60 Å². The summed E-state index contributed by atoms with van der Waals surface area (Å²) in [5, 5.41) is 13.5. The molecule has 0 aliphatic heterocycles. The molecule has 1 aliphatic carbocycles. The van der Waals surface area contributed by atoms with E-state index in [9.17, 15) is 5.11 Å². The minimum Gasteiger partial charge on any atom is -0.488 e. The van der Waals surface area contributed by atoms with Crippen LogP contribution in [-0.2, 0) is 0 Å². The summed E-state index contributed by atoms with van der Waals surface area (Å²) in [6.07, 6.45) is 2.43. The lowest BCUT2D eigenvalue weighted by Gasteiger charge is -2.24. The molecule has 1 aromatic carbocycles. The zero-order chi connectivity index (χ0) is 13.2. The highest BCUT2D eigenvalue weighted by atomic mass is 79.9. The average Bonchev–Trinajstić information content (AvgIpc) is 3.09. The summed E-state index contributed by atoms with van der Waals surface area (Å²) in [6.45, 7) is 2.60. The maximum atomic E-state index is 10.2. The highest BCUT2D eigenvalue weighted by molar-refractivity contribution is 9.11. The Labute approximate surface area is 124 Å². The van der Waals surface area contributed by atoms with Crippen LogP contribution < -0.4 is 10.1 Å². The smallest absolute Gasteiger partial charge is 0.147 e. The predicted molar refractivity (Wildman–Crippen MR) is 79.0 cm³/mol. The minimum atomic E-state index is -0.864. The number of rotatable bonds is 6. The van der Waals surface area contributed by atoms with Gasteiger partial charge in [-0.2, -0.15) is 0 Å². The van der Waals surface area contributed by atoms with Gasteiger partial charge in [0, 0.05) is 12.6 Å². The van der Waals surface area contributed by atoms with E-state index in [1.807, 2.05) is 18.2 Å². The molecule has 0 radical (unpaired) electrons. The summed E-state index contributed by atoms with van der Waals surface area (Å²) in [5.41, 5.74) is -0.864. The fourth-order valence-corrected chi connectivity index (χ4v) is 2.78. The second kappa shape index (κ2) is 5.90. The monoisotopic (exact) mass is 377 g/mol. The van der Waals surface area contributed by atoms with E-state index in [-0.39, 0.29) is 6.61 Å². The molecule has 1 atom stereocenters. The Bertz CT molecular complexity index is 399. The van der Waals surface area contributed by atoms with Gasteiger partial charge in [-0.25, -0.2) is 0 Å². The third kappa shape index (κ3) is 4.23. The molecular formula is C13H17Br2NO2. The van der Waals surface area contributed by atoms with E-state index in [2.05, 4.69) is 37.2 Å². The quantitative estimate of drug-likeness (QED) is 0.799. The van der Waals surface area contributed by atoms with Crippen LogP contribution in [0.25, 0.3) is 0 Å². The molecule has 100 valence electrons. The van der Waals surface area contributed by atoms with Crippen LogP contribution in [0.2, 0.25) is 0 Å². The van der Waals surface area contributed by atoms with Crippen LogP contribution in [0.1, 0.15) is 19.8 Å². The van der Waals surface area contributed by atoms with Crippen LogP contribution in [0.5, 0.6) is 5.75 Å². The number of aliphatic hydroxyl groups is 1. The first-order chi connectivity index (χ1) is 8.48. The van der Waals surface area contributed by atoms with Gasteiger partial charge in [-0.1, -0.05) is 6.07 Å². The molecule has 1 saturated carbocycles. The van der Waals surface area contributed by atoms with E-state index in [1.165, 1.54) is 12.8 Å². The van der Waals surface area contributed by atoms with Crippen molar-refractivity contribution in [3.63, 3.8) is 0 Å². The summed E-state index contributed by atoms with van der Waals surface area (Å²) in [7, 11) is 0. The number of benzene rings is 1. The van der Waals surface area contributed by atoms with Gasteiger partial charge in [0.1, 0.15) is 18.0 Å². The summed E-state index contributed by atoms with van der Waals surface area (Å²) >= 11 is 6.87. The van der Waals surface area contributed by atoms with Gasteiger partial charge < -0.3 is 15.2 Å². The zero-order valence-electron chi connectivity index (χ0n) is 10.2. The maximum absolute atomic E-state index is 10.2. The predicted octanol–water partition coefficient (Wildman–Crippen LogP) is 3.09. The second-order valence-corrected chi connectivity index (χ2v) is 6.70. The largest absolute Gasteiger partial charge is 0.488 e. The molecule has 2 N–H and O–H groups in total. The Balaban J connectivity index is 1.88. The molecule has 1 unspecified atom stereocenters. The van der Waals surface area contributed by atoms with Crippen molar-refractivity contribution in [3.8, 4) is 5.75 Å². The first-order valence-electron chi connectivity index (χ1n) is 6.00. The number of para-hydroxylation sites is 1. The van der Waals surface area contributed by atoms with Gasteiger partial charge in [0.05, 0.1) is 8.95 Å². The van der Waals surface area contributed by atoms with Crippen molar-refractivity contribution in [1.29, 1.82) is 0 Å². The molecule has 0 spiro atoms. The maximum Gasteiger partial charge on any atom is 0.147 e. The molecule has 1 aliphatic rings. The van der Waals surface area contributed by atoms with Crippen molar-refractivity contribution in [2.45, 2.75) is 31.4 Å². The second-order valence-electron chi connectivity index (χ2n) is 4.99. The molecule has 2 rings (SSSR count). The Morgan fingerprint density at radius 1 is 1.39 bits per heavy atom. The summed E-state index contributed by atoms with van der Waals surface area (Å²) in [6, 6.07) is 6.34. The van der Waals surface area contributed by atoms with E-state index in [0.29, 0.717) is 12.6 Å². The molecule has 5 heteroatoms. The van der Waals surface area contributed by atoms with Gasteiger partial charge in [0.25, 0.3) is 0 Å². The summed E-state index contributed by atoms with van der Waals surface area (Å²) < 4.78 is 7.46. The number of hydrogen-bond acceptors (Lipinski definition) is 3. The normalized spacial score (nSPS) is 18.4. The van der Waals surface area contributed by atoms with Gasteiger partial charge in [-0.05, 0) is 63.8 Å². The first-order valence-corrected chi connectivity index (χ1v) is 7.59. The van der Waals surface area contributed by atoms with Gasteiger partial charge >= 0.3 is 0 Å². The molecule has 3 nitrogen and oxygen atoms in total. The average molecular weight is 379 g/mol. The topological polar surface area (TPSA) is 41.5 Å². The highest BCUT2D eigenvalue weighted by Gasteiger charge is 2.27. The fourth-order valence-electron chi connectivity index (χ4n) is 1.55. The van der Waals surface area contributed by atoms with Crippen LogP contribution in [0.3, 0.4) is 0 Å². The van der Waals surface area contributed by atoms with Crippen molar-refractivity contribution in [2.75, 3.05) is 13.2 Å². The number of nitrogens with one attached hydrogen (secondary N) is 1. The van der Waals surface area contributed by atoms with Crippen LogP contribution in [-0.4, -0.2) is 29.9 Å². The molecule has 1 fully saturated rings. The zero-order valence-corrected chi connectivity index (χ0v) is 13.4. The molecule has 0 amide bonds. The number of hydrogen-bond donors (Lipinski definition) is 2. The summed E-state index contributed by atoms with van der Waals surface area (Å²) in [4.78, 5) is 0.